The highest BCUT2D eigenvalue weighted by molar-refractivity contribution is 5.66. The number of aliphatic hydroxyl groups is 1. The van der Waals surface area contributed by atoms with Crippen LogP contribution in [-0.4, -0.2) is 22.2 Å². The quantitative estimate of drug-likeness (QED) is 0.606. The Morgan fingerprint density at radius 2 is 2.12 bits per heavy atom. The van der Waals surface area contributed by atoms with Crippen molar-refractivity contribution in [3.8, 4) is 0 Å². The predicted octanol–water partition coefficient (Wildman–Crippen LogP) is 2.09. The van der Waals surface area contributed by atoms with Crippen molar-refractivity contribution >= 4 is 11.4 Å². The van der Waals surface area contributed by atoms with Crippen molar-refractivity contribution in [1.29, 1.82) is 0 Å². The molecule has 0 unspecified atom stereocenters. The number of rotatable bonds is 4. The SMILES string of the molecule is Cc1cccc([N+](=O)[O-])c1NCC(C)(C)O. The Kier molecular flexibility index (Phi) is 3.49. The number of aryl methyl sites for hydroxylation is 1. The Morgan fingerprint density at radius 1 is 1.50 bits per heavy atom. The van der Waals surface area contributed by atoms with Crippen LogP contribution in [0, 0.1) is 17.0 Å². The van der Waals surface area contributed by atoms with Gasteiger partial charge < -0.3 is 10.4 Å². The minimum atomic E-state index is -0.907. The first-order valence-electron chi connectivity index (χ1n) is 5.01. The third kappa shape index (κ3) is 3.20. The van der Waals surface area contributed by atoms with Crippen LogP contribution in [0.2, 0.25) is 0 Å². The Morgan fingerprint density at radius 3 is 2.62 bits per heavy atom. The number of anilines is 1. The van der Waals surface area contributed by atoms with Gasteiger partial charge in [0.25, 0.3) is 5.69 Å². The van der Waals surface area contributed by atoms with Crippen molar-refractivity contribution in [1.82, 2.24) is 0 Å². The summed E-state index contributed by atoms with van der Waals surface area (Å²) in [5.74, 6) is 0. The van der Waals surface area contributed by atoms with Crippen LogP contribution in [0.25, 0.3) is 0 Å². The molecule has 5 nitrogen and oxygen atoms in total. The highest BCUT2D eigenvalue weighted by atomic mass is 16.6. The lowest BCUT2D eigenvalue weighted by molar-refractivity contribution is -0.384. The zero-order valence-corrected chi connectivity index (χ0v) is 9.65. The van der Waals surface area contributed by atoms with Crippen LogP contribution in [-0.2, 0) is 0 Å². The van der Waals surface area contributed by atoms with E-state index in [1.807, 2.05) is 0 Å². The fraction of sp³-hybridized carbons (Fsp3) is 0.455. The van der Waals surface area contributed by atoms with E-state index in [-0.39, 0.29) is 12.2 Å². The van der Waals surface area contributed by atoms with Crippen LogP contribution in [0.1, 0.15) is 19.4 Å². The second-order valence-corrected chi connectivity index (χ2v) is 4.39. The zero-order valence-electron chi connectivity index (χ0n) is 9.65. The van der Waals surface area contributed by atoms with Crippen molar-refractivity contribution in [2.24, 2.45) is 0 Å². The summed E-state index contributed by atoms with van der Waals surface area (Å²) in [5, 5.41) is 23.3. The molecule has 0 spiro atoms. The van der Waals surface area contributed by atoms with E-state index in [1.54, 1.807) is 32.9 Å². The molecule has 0 fully saturated rings. The molecule has 1 aromatic rings. The monoisotopic (exact) mass is 224 g/mol. The topological polar surface area (TPSA) is 75.4 Å². The number of nitro groups is 1. The standard InChI is InChI=1S/C11H16N2O3/c1-8-5-4-6-9(13(15)16)10(8)12-7-11(2,3)14/h4-6,12,14H,7H2,1-3H3. The van der Waals surface area contributed by atoms with E-state index in [4.69, 9.17) is 0 Å². The van der Waals surface area contributed by atoms with Crippen LogP contribution < -0.4 is 5.32 Å². The molecule has 1 rings (SSSR count). The molecule has 0 saturated heterocycles. The molecular weight excluding hydrogens is 208 g/mol. The second-order valence-electron chi connectivity index (χ2n) is 4.39. The molecule has 0 amide bonds. The molecule has 1 aromatic carbocycles. The number of nitro benzene ring substituents is 1. The molecule has 0 aliphatic heterocycles. The van der Waals surface area contributed by atoms with Gasteiger partial charge in [-0.1, -0.05) is 12.1 Å². The minimum absolute atomic E-state index is 0.0317. The zero-order chi connectivity index (χ0) is 12.3. The maximum absolute atomic E-state index is 10.8. The largest absolute Gasteiger partial charge is 0.389 e. The lowest BCUT2D eigenvalue weighted by Crippen LogP contribution is -2.29. The molecular formula is C11H16N2O3. The maximum Gasteiger partial charge on any atom is 0.292 e. The lowest BCUT2D eigenvalue weighted by Gasteiger charge is -2.19. The summed E-state index contributed by atoms with van der Waals surface area (Å²) in [7, 11) is 0. The Hall–Kier alpha value is -1.62. The molecule has 0 radical (unpaired) electrons. The molecule has 0 aromatic heterocycles. The van der Waals surface area contributed by atoms with Crippen LogP contribution in [0.5, 0.6) is 0 Å². The van der Waals surface area contributed by atoms with E-state index in [0.29, 0.717) is 5.69 Å². The smallest absolute Gasteiger partial charge is 0.292 e. The normalized spacial score (nSPS) is 11.2. The molecule has 0 saturated carbocycles. The summed E-state index contributed by atoms with van der Waals surface area (Å²) in [4.78, 5) is 10.4. The van der Waals surface area contributed by atoms with Crippen LogP contribution in [0.15, 0.2) is 18.2 Å². The van der Waals surface area contributed by atoms with Gasteiger partial charge in [-0.15, -0.1) is 0 Å². The molecule has 2 N–H and O–H groups in total. The molecule has 5 heteroatoms. The predicted molar refractivity (Wildman–Crippen MR) is 62.6 cm³/mol. The third-order valence-electron chi connectivity index (χ3n) is 2.15. The van der Waals surface area contributed by atoms with Crippen molar-refractivity contribution in [3.05, 3.63) is 33.9 Å². The van der Waals surface area contributed by atoms with Gasteiger partial charge in [0.2, 0.25) is 0 Å². The Bertz CT molecular complexity index is 397. The van der Waals surface area contributed by atoms with Crippen molar-refractivity contribution in [2.75, 3.05) is 11.9 Å². The first kappa shape index (κ1) is 12.4. The molecule has 0 atom stereocenters. The van der Waals surface area contributed by atoms with Crippen LogP contribution in [0.3, 0.4) is 0 Å². The van der Waals surface area contributed by atoms with Gasteiger partial charge in [-0.3, -0.25) is 10.1 Å². The van der Waals surface area contributed by atoms with Crippen LogP contribution in [0.4, 0.5) is 11.4 Å². The van der Waals surface area contributed by atoms with Crippen molar-refractivity contribution in [2.45, 2.75) is 26.4 Å². The summed E-state index contributed by atoms with van der Waals surface area (Å²) < 4.78 is 0. The summed E-state index contributed by atoms with van der Waals surface area (Å²) in [6.45, 7) is 5.34. The molecule has 0 aliphatic rings. The average molecular weight is 224 g/mol. The van der Waals surface area contributed by atoms with Gasteiger partial charge in [0.15, 0.2) is 0 Å². The fourth-order valence-corrected chi connectivity index (χ4v) is 1.34. The van der Waals surface area contributed by atoms with E-state index < -0.39 is 10.5 Å². The van der Waals surface area contributed by atoms with Gasteiger partial charge in [0.1, 0.15) is 5.69 Å². The minimum Gasteiger partial charge on any atom is -0.389 e. The lowest BCUT2D eigenvalue weighted by atomic mass is 10.1. The molecule has 88 valence electrons. The highest BCUT2D eigenvalue weighted by Gasteiger charge is 2.18. The molecule has 0 bridgehead atoms. The van der Waals surface area contributed by atoms with Gasteiger partial charge in [0, 0.05) is 12.6 Å². The highest BCUT2D eigenvalue weighted by Crippen LogP contribution is 2.27. The summed E-state index contributed by atoms with van der Waals surface area (Å²) in [5.41, 5.74) is 0.383. The van der Waals surface area contributed by atoms with E-state index >= 15 is 0 Å². The van der Waals surface area contributed by atoms with E-state index in [0.717, 1.165) is 5.56 Å². The van der Waals surface area contributed by atoms with E-state index in [9.17, 15) is 15.2 Å². The van der Waals surface area contributed by atoms with Gasteiger partial charge in [-0.25, -0.2) is 0 Å². The summed E-state index contributed by atoms with van der Waals surface area (Å²) >= 11 is 0. The van der Waals surface area contributed by atoms with E-state index in [2.05, 4.69) is 5.32 Å². The number of para-hydroxylation sites is 1. The average Bonchev–Trinajstić information content (AvgIpc) is 2.13. The first-order chi connectivity index (χ1) is 7.31. The maximum atomic E-state index is 10.8. The number of nitrogens with zero attached hydrogens (tertiary/aromatic N) is 1. The van der Waals surface area contributed by atoms with Crippen molar-refractivity contribution in [3.63, 3.8) is 0 Å². The van der Waals surface area contributed by atoms with Crippen LogP contribution >= 0.6 is 0 Å². The summed E-state index contributed by atoms with van der Waals surface area (Å²) in [6, 6.07) is 4.88. The molecule has 0 aliphatic carbocycles. The number of hydrogen-bond donors (Lipinski definition) is 2. The van der Waals surface area contributed by atoms with Gasteiger partial charge in [0.05, 0.1) is 10.5 Å². The Labute approximate surface area is 94.3 Å². The van der Waals surface area contributed by atoms with Gasteiger partial charge in [-0.2, -0.15) is 0 Å². The third-order valence-corrected chi connectivity index (χ3v) is 2.15. The van der Waals surface area contributed by atoms with Gasteiger partial charge in [-0.05, 0) is 26.3 Å². The number of hydrogen-bond acceptors (Lipinski definition) is 4. The Balaban J connectivity index is 2.98. The van der Waals surface area contributed by atoms with Gasteiger partial charge >= 0.3 is 0 Å². The molecule has 16 heavy (non-hydrogen) atoms. The molecule has 0 heterocycles. The van der Waals surface area contributed by atoms with Crippen molar-refractivity contribution < 1.29 is 10.0 Å². The first-order valence-corrected chi connectivity index (χ1v) is 5.01. The second kappa shape index (κ2) is 4.49. The summed E-state index contributed by atoms with van der Waals surface area (Å²) in [6.07, 6.45) is 0. The fourth-order valence-electron chi connectivity index (χ4n) is 1.34. The van der Waals surface area contributed by atoms with E-state index in [1.165, 1.54) is 6.07 Å². The number of benzene rings is 1. The number of nitrogens with one attached hydrogen (secondary N) is 1.